The van der Waals surface area contributed by atoms with Gasteiger partial charge < -0.3 is 4.74 Å². The molecule has 0 aromatic rings. The van der Waals surface area contributed by atoms with E-state index in [0.717, 1.165) is 25.7 Å². The molecule has 2 N–H and O–H groups in total. The maximum Gasteiger partial charge on any atom is 0.453 e. The number of hydrogen-bond acceptors (Lipinski definition) is 4. The number of hydroxylamine groups is 1. The zero-order chi connectivity index (χ0) is 23.1. The second-order valence-electron chi connectivity index (χ2n) is 8.32. The van der Waals surface area contributed by atoms with Crippen LogP contribution >= 0.6 is 0 Å². The number of piperidine rings is 1. The van der Waals surface area contributed by atoms with Crippen LogP contribution in [0.1, 0.15) is 64.2 Å². The Morgan fingerprint density at radius 3 is 2.19 bits per heavy atom. The molecule has 0 aliphatic carbocycles. The van der Waals surface area contributed by atoms with Gasteiger partial charge in [0.1, 0.15) is 15.7 Å². The third kappa shape index (κ3) is 6.82. The third-order valence-electron chi connectivity index (χ3n) is 6.23. The lowest BCUT2D eigenvalue weighted by Gasteiger charge is -2.40. The number of carbonyl (C=O) groups excluding carboxylic acids is 1. The minimum atomic E-state index is -5.48. The van der Waals surface area contributed by atoms with Crippen molar-refractivity contribution in [2.75, 3.05) is 26.3 Å². The van der Waals surface area contributed by atoms with Crippen molar-refractivity contribution in [2.24, 2.45) is 5.92 Å². The smallest absolute Gasteiger partial charge is 0.381 e. The Kier molecular flexibility index (Phi) is 9.65. The van der Waals surface area contributed by atoms with Crippen molar-refractivity contribution in [3.8, 4) is 0 Å². The van der Waals surface area contributed by atoms with E-state index in [0.29, 0.717) is 45.1 Å². The average Bonchev–Trinajstić information content (AvgIpc) is 2.75. The summed E-state index contributed by atoms with van der Waals surface area (Å²) in [5.74, 6) is -4.92. The highest BCUT2D eigenvalue weighted by Crippen LogP contribution is 2.39. The minimum Gasteiger partial charge on any atom is -0.381 e. The average molecular weight is 479 g/mol. The van der Waals surface area contributed by atoms with E-state index in [-0.39, 0.29) is 19.3 Å². The molecule has 12 heteroatoms. The van der Waals surface area contributed by atoms with Gasteiger partial charge in [-0.15, -0.1) is 0 Å². The predicted molar refractivity (Wildman–Crippen MR) is 104 cm³/mol. The molecule has 1 unspecified atom stereocenters. The molecule has 2 saturated heterocycles. The summed E-state index contributed by atoms with van der Waals surface area (Å²) in [6, 6.07) is 0. The number of nitrogens with zero attached hydrogens (tertiary/aromatic N) is 1. The zero-order valence-electron chi connectivity index (χ0n) is 17.4. The fraction of sp³-hybridized carbons (Fsp3) is 0.947. The van der Waals surface area contributed by atoms with Gasteiger partial charge in [0.05, 0.1) is 0 Å². The maximum absolute atomic E-state index is 13.1. The minimum absolute atomic E-state index is 0.164. The van der Waals surface area contributed by atoms with Crippen LogP contribution in [0, 0.1) is 5.92 Å². The molecular formula is C19H31F5N2O4S. The Balaban J connectivity index is 1.69. The van der Waals surface area contributed by atoms with Crippen molar-refractivity contribution in [3.05, 3.63) is 0 Å². The third-order valence-corrected chi connectivity index (χ3v) is 8.32. The number of unbranched alkanes of at least 4 members (excludes halogenated alkanes) is 3. The molecule has 6 nitrogen and oxygen atoms in total. The highest BCUT2D eigenvalue weighted by atomic mass is 32.2. The molecule has 2 heterocycles. The fourth-order valence-corrected chi connectivity index (χ4v) is 5.93. The Morgan fingerprint density at radius 1 is 1.06 bits per heavy atom. The van der Waals surface area contributed by atoms with Gasteiger partial charge in [0.2, 0.25) is 0 Å². The normalized spacial score (nSPS) is 22.3. The van der Waals surface area contributed by atoms with Crippen LogP contribution in [0.25, 0.3) is 0 Å². The van der Waals surface area contributed by atoms with Gasteiger partial charge in [0.25, 0.3) is 5.91 Å². The van der Waals surface area contributed by atoms with Gasteiger partial charge in [-0.05, 0) is 38.0 Å². The summed E-state index contributed by atoms with van der Waals surface area (Å²) in [7, 11) is -1.60. The molecule has 2 fully saturated rings. The number of nitrogens with one attached hydrogen (secondary N) is 1. The molecule has 0 aromatic heterocycles. The van der Waals surface area contributed by atoms with Gasteiger partial charge in [-0.25, -0.2) is 14.0 Å². The van der Waals surface area contributed by atoms with Crippen LogP contribution < -0.4 is 5.48 Å². The van der Waals surface area contributed by atoms with Gasteiger partial charge in [0.15, 0.2) is 0 Å². The Bertz CT molecular complexity index is 607. The Morgan fingerprint density at radius 2 is 1.65 bits per heavy atom. The van der Waals surface area contributed by atoms with Crippen LogP contribution in [0.15, 0.2) is 0 Å². The fourth-order valence-electron chi connectivity index (χ4n) is 4.17. The van der Waals surface area contributed by atoms with Crippen LogP contribution in [0.2, 0.25) is 0 Å². The number of ether oxygens (including phenoxy) is 1. The lowest BCUT2D eigenvalue weighted by molar-refractivity contribution is -0.284. The molecule has 0 saturated carbocycles. The summed E-state index contributed by atoms with van der Waals surface area (Å²) in [6.07, 6.45) is -2.24. The summed E-state index contributed by atoms with van der Waals surface area (Å²) >= 11 is 0. The molecule has 0 bridgehead atoms. The first kappa shape index (κ1) is 26.4. The van der Waals surface area contributed by atoms with E-state index in [9.17, 15) is 31.0 Å². The van der Waals surface area contributed by atoms with Gasteiger partial charge >= 0.3 is 12.1 Å². The molecule has 182 valence electrons. The molecule has 2 rings (SSSR count). The van der Waals surface area contributed by atoms with Crippen molar-refractivity contribution in [3.63, 3.8) is 0 Å². The van der Waals surface area contributed by atoms with Crippen molar-refractivity contribution in [1.82, 2.24) is 9.79 Å². The first-order chi connectivity index (χ1) is 14.5. The standard InChI is InChI=1S/C19H31F5N2O4S/c20-18(21,19(22,23)24)8-4-2-1-3-5-15-6-11-26(12-7-15)31(29)17(16(27)25-28)9-13-30-14-10-17/h15,28H,1-14H2,(H,25,27). The van der Waals surface area contributed by atoms with Crippen LogP contribution in [-0.4, -0.2) is 62.8 Å². The second-order valence-corrected chi connectivity index (χ2v) is 10.1. The van der Waals surface area contributed by atoms with E-state index in [4.69, 9.17) is 9.94 Å². The SMILES string of the molecule is O=C(NO)C1(S(=O)N2CCC(CCCCCCC(F)(F)C(F)(F)F)CC2)CCOCC1. The molecule has 0 radical (unpaired) electrons. The second kappa shape index (κ2) is 11.3. The van der Waals surface area contributed by atoms with Crippen LogP contribution in [0.4, 0.5) is 22.0 Å². The van der Waals surface area contributed by atoms with Crippen LogP contribution in [-0.2, 0) is 20.5 Å². The van der Waals surface area contributed by atoms with E-state index >= 15 is 0 Å². The van der Waals surface area contributed by atoms with E-state index in [1.54, 1.807) is 9.79 Å². The number of hydrogen-bond donors (Lipinski definition) is 2. The number of rotatable bonds is 10. The van der Waals surface area contributed by atoms with Crippen molar-refractivity contribution in [1.29, 1.82) is 0 Å². The largest absolute Gasteiger partial charge is 0.453 e. The summed E-state index contributed by atoms with van der Waals surface area (Å²) in [6.45, 7) is 1.67. The highest BCUT2D eigenvalue weighted by molar-refractivity contribution is 7.85. The van der Waals surface area contributed by atoms with Gasteiger partial charge in [0, 0.05) is 32.7 Å². The molecule has 1 atom stereocenters. The Hall–Kier alpha value is -0.850. The van der Waals surface area contributed by atoms with Crippen molar-refractivity contribution in [2.45, 2.75) is 81.1 Å². The lowest BCUT2D eigenvalue weighted by Crippen LogP contribution is -2.57. The van der Waals surface area contributed by atoms with Gasteiger partial charge in [-0.2, -0.15) is 22.0 Å². The maximum atomic E-state index is 13.1. The predicted octanol–water partition coefficient (Wildman–Crippen LogP) is 3.95. The molecule has 1 amide bonds. The number of alkyl halides is 5. The zero-order valence-corrected chi connectivity index (χ0v) is 18.2. The molecule has 31 heavy (non-hydrogen) atoms. The first-order valence-corrected chi connectivity index (χ1v) is 11.8. The van der Waals surface area contributed by atoms with Crippen molar-refractivity contribution < 1.29 is 40.9 Å². The quantitative estimate of drug-likeness (QED) is 0.216. The van der Waals surface area contributed by atoms with Crippen molar-refractivity contribution >= 4 is 16.9 Å². The molecule has 0 aromatic carbocycles. The topological polar surface area (TPSA) is 78.9 Å². The van der Waals surface area contributed by atoms with Gasteiger partial charge in [-0.3, -0.25) is 10.0 Å². The number of carbonyl (C=O) groups is 1. The molecular weight excluding hydrogens is 447 g/mol. The van der Waals surface area contributed by atoms with Gasteiger partial charge in [-0.1, -0.05) is 25.7 Å². The molecule has 2 aliphatic heterocycles. The number of amides is 1. The van der Waals surface area contributed by atoms with E-state index in [1.165, 1.54) is 0 Å². The number of halogens is 5. The summed E-state index contributed by atoms with van der Waals surface area (Å²) < 4.78 is 81.1. The van der Waals surface area contributed by atoms with Crippen LogP contribution in [0.5, 0.6) is 0 Å². The van der Waals surface area contributed by atoms with E-state index in [1.807, 2.05) is 0 Å². The summed E-state index contributed by atoms with van der Waals surface area (Å²) in [5, 5.41) is 9.09. The Labute approximate surface area is 181 Å². The van der Waals surface area contributed by atoms with E-state index < -0.39 is 40.2 Å². The summed E-state index contributed by atoms with van der Waals surface area (Å²) in [4.78, 5) is 12.2. The molecule has 0 spiro atoms. The first-order valence-electron chi connectivity index (χ1n) is 10.7. The van der Waals surface area contributed by atoms with Crippen LogP contribution in [0.3, 0.4) is 0 Å². The summed E-state index contributed by atoms with van der Waals surface area (Å²) in [5.41, 5.74) is 1.64. The monoisotopic (exact) mass is 478 g/mol. The molecule has 2 aliphatic rings. The lowest BCUT2D eigenvalue weighted by atomic mass is 9.92. The van der Waals surface area contributed by atoms with E-state index in [2.05, 4.69) is 0 Å². The highest BCUT2D eigenvalue weighted by Gasteiger charge is 2.56.